The molecule has 0 bridgehead atoms. The highest BCUT2D eigenvalue weighted by Gasteiger charge is 2.22. The number of furan rings is 1. The smallest absolute Gasteiger partial charge is 0.360 e. The summed E-state index contributed by atoms with van der Waals surface area (Å²) in [6.07, 6.45) is 0. The van der Waals surface area contributed by atoms with Gasteiger partial charge in [0.1, 0.15) is 0 Å². The van der Waals surface area contributed by atoms with Gasteiger partial charge in [-0.05, 0) is 28.1 Å². The summed E-state index contributed by atoms with van der Waals surface area (Å²) in [4.78, 5) is 15.4. The third-order valence-corrected chi connectivity index (χ3v) is 2.34. The van der Waals surface area contributed by atoms with Gasteiger partial charge in [-0.15, -0.1) is 0 Å². The minimum atomic E-state index is -0.556. The van der Waals surface area contributed by atoms with Crippen LogP contribution in [0.4, 0.5) is 0 Å². The number of aromatic nitrogens is 1. The van der Waals surface area contributed by atoms with Crippen LogP contribution in [0.2, 0.25) is 0 Å². The van der Waals surface area contributed by atoms with Gasteiger partial charge in [-0.25, -0.2) is 9.78 Å². The maximum atomic E-state index is 11.4. The van der Waals surface area contributed by atoms with Gasteiger partial charge >= 0.3 is 5.97 Å². The monoisotopic (exact) mass is 285 g/mol. The number of hydrogen-bond acceptors (Lipinski definition) is 5. The lowest BCUT2D eigenvalue weighted by Gasteiger charge is -1.95. The maximum absolute atomic E-state index is 11.4. The number of esters is 1. The number of ether oxygens (including phenoxy) is 1. The molecule has 2 aromatic rings. The van der Waals surface area contributed by atoms with Crippen molar-refractivity contribution in [3.63, 3.8) is 0 Å². The number of aryl methyl sites for hydroxylation is 1. The summed E-state index contributed by atoms with van der Waals surface area (Å²) in [5.41, 5.74) is 0.113. The van der Waals surface area contributed by atoms with E-state index in [9.17, 15) is 4.79 Å². The number of methoxy groups -OCH3 is 1. The quantitative estimate of drug-likeness (QED) is 0.794. The van der Waals surface area contributed by atoms with Crippen LogP contribution in [-0.2, 0) is 4.74 Å². The number of nitrogens with zero attached hydrogens (tertiary/aromatic N) is 1. The van der Waals surface area contributed by atoms with Crippen LogP contribution < -0.4 is 0 Å². The molecule has 16 heavy (non-hydrogen) atoms. The van der Waals surface area contributed by atoms with Gasteiger partial charge < -0.3 is 13.6 Å². The topological polar surface area (TPSA) is 65.5 Å². The van der Waals surface area contributed by atoms with Crippen LogP contribution in [-0.4, -0.2) is 18.1 Å². The van der Waals surface area contributed by atoms with Crippen molar-refractivity contribution >= 4 is 21.9 Å². The Hall–Kier alpha value is -1.56. The Balaban J connectivity index is 2.52. The molecule has 0 radical (unpaired) electrons. The predicted octanol–water partition coefficient (Wildman–Crippen LogP) is 2.79. The summed E-state index contributed by atoms with van der Waals surface area (Å²) in [6, 6.07) is 3.38. The Morgan fingerprint density at radius 1 is 1.44 bits per heavy atom. The molecule has 0 saturated carbocycles. The van der Waals surface area contributed by atoms with Crippen LogP contribution in [0.15, 0.2) is 25.6 Å². The Kier molecular flexibility index (Phi) is 2.82. The maximum Gasteiger partial charge on any atom is 0.360 e. The van der Waals surface area contributed by atoms with Gasteiger partial charge in [0.2, 0.25) is 5.76 Å². The molecule has 0 aromatic carbocycles. The lowest BCUT2D eigenvalue weighted by molar-refractivity contribution is 0.0595. The number of hydrogen-bond donors (Lipinski definition) is 0. The number of rotatable bonds is 2. The summed E-state index contributed by atoms with van der Waals surface area (Å²) < 4.78 is 15.8. The molecular formula is C10H8BrNO4. The molecule has 6 heteroatoms. The number of carbonyl (C=O) groups is 1. The largest absolute Gasteiger partial charge is 0.464 e. The predicted molar refractivity (Wildman–Crippen MR) is 58.0 cm³/mol. The Morgan fingerprint density at radius 2 is 2.19 bits per heavy atom. The van der Waals surface area contributed by atoms with E-state index in [-0.39, 0.29) is 11.5 Å². The molecule has 0 amide bonds. The van der Waals surface area contributed by atoms with Gasteiger partial charge in [0.15, 0.2) is 22.0 Å². The fourth-order valence-corrected chi connectivity index (χ4v) is 1.57. The molecule has 0 aliphatic carbocycles. The zero-order valence-electron chi connectivity index (χ0n) is 8.61. The third kappa shape index (κ3) is 1.88. The van der Waals surface area contributed by atoms with E-state index in [0.29, 0.717) is 16.3 Å². The molecule has 5 nitrogen and oxygen atoms in total. The Labute approximate surface area is 99.5 Å². The molecule has 0 N–H and O–H groups in total. The molecule has 0 fully saturated rings. The van der Waals surface area contributed by atoms with Crippen molar-refractivity contribution in [1.29, 1.82) is 0 Å². The molecular weight excluding hydrogens is 278 g/mol. The van der Waals surface area contributed by atoms with Crippen LogP contribution >= 0.6 is 15.9 Å². The van der Waals surface area contributed by atoms with Crippen LogP contribution in [0.3, 0.4) is 0 Å². The van der Waals surface area contributed by atoms with Crippen molar-refractivity contribution in [1.82, 2.24) is 4.98 Å². The molecule has 0 atom stereocenters. The van der Waals surface area contributed by atoms with E-state index in [4.69, 9.17) is 8.83 Å². The highest BCUT2D eigenvalue weighted by atomic mass is 79.9. The first-order chi connectivity index (χ1) is 7.61. The Bertz CT molecular complexity index is 529. The molecule has 2 rings (SSSR count). The van der Waals surface area contributed by atoms with E-state index in [1.165, 1.54) is 7.11 Å². The summed E-state index contributed by atoms with van der Waals surface area (Å²) in [5, 5.41) is 0. The fourth-order valence-electron chi connectivity index (χ4n) is 1.27. The first-order valence-electron chi connectivity index (χ1n) is 4.43. The fraction of sp³-hybridized carbons (Fsp3) is 0.200. The second kappa shape index (κ2) is 4.13. The third-order valence-electron chi connectivity index (χ3n) is 1.91. The molecule has 84 valence electrons. The molecule has 2 heterocycles. The molecule has 0 unspecified atom stereocenters. The van der Waals surface area contributed by atoms with Crippen LogP contribution in [0.1, 0.15) is 16.4 Å². The Morgan fingerprint density at radius 3 is 2.75 bits per heavy atom. The number of carbonyl (C=O) groups excluding carboxylic acids is 1. The average Bonchev–Trinajstić information content (AvgIpc) is 2.83. The second-order valence-electron chi connectivity index (χ2n) is 3.01. The summed E-state index contributed by atoms with van der Waals surface area (Å²) in [5.74, 6) is 0.519. The van der Waals surface area contributed by atoms with Crippen molar-refractivity contribution < 1.29 is 18.4 Å². The molecule has 0 aliphatic heterocycles. The molecule has 2 aromatic heterocycles. The minimum Gasteiger partial charge on any atom is -0.464 e. The van der Waals surface area contributed by atoms with Gasteiger partial charge in [-0.2, -0.15) is 0 Å². The van der Waals surface area contributed by atoms with E-state index < -0.39 is 5.97 Å². The van der Waals surface area contributed by atoms with Gasteiger partial charge in [-0.3, -0.25) is 0 Å². The SMILES string of the molecule is COC(=O)c1nc(C)oc1-c1ccc(Br)o1. The average molecular weight is 286 g/mol. The van der Waals surface area contributed by atoms with Crippen LogP contribution in [0.5, 0.6) is 0 Å². The van der Waals surface area contributed by atoms with E-state index in [1.54, 1.807) is 19.1 Å². The van der Waals surface area contributed by atoms with E-state index in [1.807, 2.05) is 0 Å². The van der Waals surface area contributed by atoms with Crippen molar-refractivity contribution in [2.45, 2.75) is 6.92 Å². The summed E-state index contributed by atoms with van der Waals surface area (Å²) >= 11 is 3.17. The van der Waals surface area contributed by atoms with Crippen LogP contribution in [0, 0.1) is 6.92 Å². The highest BCUT2D eigenvalue weighted by Crippen LogP contribution is 2.29. The lowest BCUT2D eigenvalue weighted by atomic mass is 10.3. The van der Waals surface area contributed by atoms with Gasteiger partial charge in [0.25, 0.3) is 0 Å². The van der Waals surface area contributed by atoms with Crippen molar-refractivity contribution in [3.05, 3.63) is 28.4 Å². The van der Waals surface area contributed by atoms with E-state index in [2.05, 4.69) is 25.7 Å². The van der Waals surface area contributed by atoms with Gasteiger partial charge in [-0.1, -0.05) is 0 Å². The standard InChI is InChI=1S/C10H8BrNO4/c1-5-12-8(10(13)14-2)9(15-5)6-3-4-7(11)16-6/h3-4H,1-2H3. The van der Waals surface area contributed by atoms with Crippen molar-refractivity contribution in [2.24, 2.45) is 0 Å². The first kappa shape index (κ1) is 10.9. The zero-order chi connectivity index (χ0) is 11.7. The summed E-state index contributed by atoms with van der Waals surface area (Å²) in [6.45, 7) is 1.65. The molecule has 0 spiro atoms. The number of oxazole rings is 1. The second-order valence-corrected chi connectivity index (χ2v) is 3.79. The highest BCUT2D eigenvalue weighted by molar-refractivity contribution is 9.10. The van der Waals surface area contributed by atoms with Crippen molar-refractivity contribution in [2.75, 3.05) is 7.11 Å². The summed E-state index contributed by atoms with van der Waals surface area (Å²) in [7, 11) is 1.29. The van der Waals surface area contributed by atoms with E-state index >= 15 is 0 Å². The van der Waals surface area contributed by atoms with Gasteiger partial charge in [0.05, 0.1) is 7.11 Å². The minimum absolute atomic E-state index is 0.113. The van der Waals surface area contributed by atoms with Gasteiger partial charge in [0, 0.05) is 6.92 Å². The lowest BCUT2D eigenvalue weighted by Crippen LogP contribution is -2.03. The first-order valence-corrected chi connectivity index (χ1v) is 5.22. The van der Waals surface area contributed by atoms with E-state index in [0.717, 1.165) is 0 Å². The molecule has 0 saturated heterocycles. The zero-order valence-corrected chi connectivity index (χ0v) is 10.2. The number of halogens is 1. The van der Waals surface area contributed by atoms with Crippen LogP contribution in [0.25, 0.3) is 11.5 Å². The normalized spacial score (nSPS) is 10.4. The van der Waals surface area contributed by atoms with Crippen molar-refractivity contribution in [3.8, 4) is 11.5 Å². The molecule has 0 aliphatic rings.